The van der Waals surface area contributed by atoms with Crippen LogP contribution in [0.25, 0.3) is 0 Å². The van der Waals surface area contributed by atoms with Gasteiger partial charge in [-0.15, -0.1) is 6.58 Å². The topological polar surface area (TPSA) is 21.8 Å². The van der Waals surface area contributed by atoms with E-state index in [0.717, 1.165) is 6.61 Å². The van der Waals surface area contributed by atoms with Crippen LogP contribution in [0.15, 0.2) is 12.7 Å². The Kier molecular flexibility index (Phi) is 6.69. The quantitative estimate of drug-likeness (QED) is 0.315. The molecule has 0 bridgehead atoms. The highest BCUT2D eigenvalue weighted by atomic mass is 16.6. The van der Waals surface area contributed by atoms with Crippen molar-refractivity contribution in [1.29, 1.82) is 0 Å². The maximum atomic E-state index is 5.36. The summed E-state index contributed by atoms with van der Waals surface area (Å²) < 4.78 is 10.7. The van der Waals surface area contributed by atoms with Gasteiger partial charge in [0.05, 0.1) is 18.8 Å². The zero-order valence-electron chi connectivity index (χ0n) is 9.91. The van der Waals surface area contributed by atoms with Gasteiger partial charge in [-0.3, -0.25) is 0 Å². The third-order valence-electron chi connectivity index (χ3n) is 2.85. The number of epoxide rings is 1. The first kappa shape index (κ1) is 12.7. The van der Waals surface area contributed by atoms with E-state index in [2.05, 4.69) is 13.5 Å². The van der Waals surface area contributed by atoms with Gasteiger partial charge in [0.15, 0.2) is 0 Å². The lowest BCUT2D eigenvalue weighted by atomic mass is 10.1. The molecule has 0 amide bonds. The number of hydrogen-bond acceptors (Lipinski definition) is 2. The van der Waals surface area contributed by atoms with Crippen molar-refractivity contribution >= 4 is 0 Å². The highest BCUT2D eigenvalue weighted by Crippen LogP contribution is 2.26. The molecule has 2 heteroatoms. The van der Waals surface area contributed by atoms with Gasteiger partial charge in [-0.05, 0) is 19.8 Å². The van der Waals surface area contributed by atoms with Gasteiger partial charge in [0, 0.05) is 6.61 Å². The van der Waals surface area contributed by atoms with Gasteiger partial charge in [-0.2, -0.15) is 0 Å². The summed E-state index contributed by atoms with van der Waals surface area (Å²) in [5.41, 5.74) is 0. The third kappa shape index (κ3) is 6.69. The van der Waals surface area contributed by atoms with Crippen LogP contribution in [0.1, 0.15) is 45.4 Å². The summed E-state index contributed by atoms with van der Waals surface area (Å²) in [6.07, 6.45) is 10.7. The standard InChI is InChI=1S/C13H24O2/c1-3-10-14-11-8-6-4-5-7-9-13-12(2)15-13/h3,12-13H,1,4-11H2,2H3. The monoisotopic (exact) mass is 212 g/mol. The van der Waals surface area contributed by atoms with Crippen molar-refractivity contribution in [1.82, 2.24) is 0 Å². The zero-order chi connectivity index (χ0) is 10.9. The lowest BCUT2D eigenvalue weighted by Crippen LogP contribution is -1.94. The lowest BCUT2D eigenvalue weighted by Gasteiger charge is -2.01. The van der Waals surface area contributed by atoms with Gasteiger partial charge in [0.2, 0.25) is 0 Å². The molecule has 88 valence electrons. The Morgan fingerprint density at radius 3 is 2.53 bits per heavy atom. The van der Waals surface area contributed by atoms with Gasteiger partial charge in [-0.25, -0.2) is 0 Å². The largest absolute Gasteiger partial charge is 0.377 e. The Morgan fingerprint density at radius 1 is 1.20 bits per heavy atom. The van der Waals surface area contributed by atoms with Gasteiger partial charge in [-0.1, -0.05) is 31.8 Å². The van der Waals surface area contributed by atoms with Crippen LogP contribution in [0.2, 0.25) is 0 Å². The van der Waals surface area contributed by atoms with Gasteiger partial charge in [0.25, 0.3) is 0 Å². The summed E-state index contributed by atoms with van der Waals surface area (Å²) in [5, 5.41) is 0. The minimum atomic E-state index is 0.539. The smallest absolute Gasteiger partial charge is 0.0839 e. The lowest BCUT2D eigenvalue weighted by molar-refractivity contribution is 0.157. The normalized spacial score (nSPS) is 24.1. The van der Waals surface area contributed by atoms with Gasteiger partial charge >= 0.3 is 0 Å². The minimum absolute atomic E-state index is 0.539. The van der Waals surface area contributed by atoms with Crippen LogP contribution in [0, 0.1) is 0 Å². The van der Waals surface area contributed by atoms with E-state index >= 15 is 0 Å². The molecule has 1 aliphatic rings. The average molecular weight is 212 g/mol. The van der Waals surface area contributed by atoms with Crippen molar-refractivity contribution < 1.29 is 9.47 Å². The second-order valence-corrected chi connectivity index (χ2v) is 4.30. The minimum Gasteiger partial charge on any atom is -0.377 e. The van der Waals surface area contributed by atoms with Crippen LogP contribution < -0.4 is 0 Å². The summed E-state index contributed by atoms with van der Waals surface area (Å²) in [5.74, 6) is 0. The molecule has 1 heterocycles. The number of rotatable bonds is 10. The fraction of sp³-hybridized carbons (Fsp3) is 0.846. The Balaban J connectivity index is 1.68. The van der Waals surface area contributed by atoms with E-state index < -0.39 is 0 Å². The molecule has 0 aliphatic carbocycles. The fourth-order valence-corrected chi connectivity index (χ4v) is 1.78. The second-order valence-electron chi connectivity index (χ2n) is 4.30. The highest BCUT2D eigenvalue weighted by Gasteiger charge is 2.32. The van der Waals surface area contributed by atoms with E-state index in [0.29, 0.717) is 18.8 Å². The van der Waals surface area contributed by atoms with E-state index in [1.807, 2.05) is 0 Å². The summed E-state index contributed by atoms with van der Waals surface area (Å²) in [6.45, 7) is 7.34. The SMILES string of the molecule is C=CCOCCCCCCCC1OC1C. The molecule has 1 fully saturated rings. The maximum absolute atomic E-state index is 5.36. The zero-order valence-corrected chi connectivity index (χ0v) is 9.91. The summed E-state index contributed by atoms with van der Waals surface area (Å²) in [7, 11) is 0. The molecule has 0 aromatic carbocycles. The summed E-state index contributed by atoms with van der Waals surface area (Å²) >= 11 is 0. The van der Waals surface area contributed by atoms with Crippen molar-refractivity contribution in [3.63, 3.8) is 0 Å². The van der Waals surface area contributed by atoms with Crippen molar-refractivity contribution in [3.05, 3.63) is 12.7 Å². The van der Waals surface area contributed by atoms with Gasteiger partial charge in [0.1, 0.15) is 0 Å². The van der Waals surface area contributed by atoms with E-state index in [1.54, 1.807) is 6.08 Å². The third-order valence-corrected chi connectivity index (χ3v) is 2.85. The predicted octanol–water partition coefficient (Wildman–Crippen LogP) is 3.32. The molecule has 15 heavy (non-hydrogen) atoms. The molecule has 2 nitrogen and oxygen atoms in total. The Morgan fingerprint density at radius 2 is 1.87 bits per heavy atom. The molecule has 1 rings (SSSR count). The number of ether oxygens (including phenoxy) is 2. The molecule has 0 spiro atoms. The second kappa shape index (κ2) is 7.89. The first-order valence-electron chi connectivity index (χ1n) is 6.18. The van der Waals surface area contributed by atoms with E-state index in [1.165, 1.54) is 38.5 Å². The molecule has 0 saturated carbocycles. The van der Waals surface area contributed by atoms with Crippen LogP contribution in [-0.2, 0) is 9.47 Å². The van der Waals surface area contributed by atoms with Crippen LogP contribution in [0.5, 0.6) is 0 Å². The van der Waals surface area contributed by atoms with Crippen LogP contribution in [-0.4, -0.2) is 25.4 Å². The molecule has 0 N–H and O–H groups in total. The first-order chi connectivity index (χ1) is 7.34. The molecular formula is C13H24O2. The van der Waals surface area contributed by atoms with Crippen LogP contribution >= 0.6 is 0 Å². The molecule has 2 unspecified atom stereocenters. The molecule has 2 atom stereocenters. The average Bonchev–Trinajstić information content (AvgIpc) is 2.92. The maximum Gasteiger partial charge on any atom is 0.0839 e. The van der Waals surface area contributed by atoms with Crippen LogP contribution in [0.4, 0.5) is 0 Å². The Bertz CT molecular complexity index is 168. The molecule has 1 aliphatic heterocycles. The number of unbranched alkanes of at least 4 members (excludes halogenated alkanes) is 4. The van der Waals surface area contributed by atoms with Crippen molar-refractivity contribution in [3.8, 4) is 0 Å². The van der Waals surface area contributed by atoms with Crippen molar-refractivity contribution in [2.45, 2.75) is 57.7 Å². The predicted molar refractivity (Wildman–Crippen MR) is 63.1 cm³/mol. The van der Waals surface area contributed by atoms with Crippen LogP contribution in [0.3, 0.4) is 0 Å². The van der Waals surface area contributed by atoms with Crippen molar-refractivity contribution in [2.24, 2.45) is 0 Å². The summed E-state index contributed by atoms with van der Waals surface area (Å²) in [6, 6.07) is 0. The Hall–Kier alpha value is -0.340. The molecule has 0 aromatic heterocycles. The highest BCUT2D eigenvalue weighted by molar-refractivity contribution is 4.79. The number of hydrogen-bond donors (Lipinski definition) is 0. The van der Waals surface area contributed by atoms with E-state index in [4.69, 9.17) is 9.47 Å². The molecular weight excluding hydrogens is 188 g/mol. The molecule has 0 aromatic rings. The van der Waals surface area contributed by atoms with Gasteiger partial charge < -0.3 is 9.47 Å². The molecule has 1 saturated heterocycles. The van der Waals surface area contributed by atoms with E-state index in [9.17, 15) is 0 Å². The Labute approximate surface area is 93.7 Å². The summed E-state index contributed by atoms with van der Waals surface area (Å²) in [4.78, 5) is 0. The molecule has 0 radical (unpaired) electrons. The van der Waals surface area contributed by atoms with E-state index in [-0.39, 0.29) is 0 Å². The first-order valence-corrected chi connectivity index (χ1v) is 6.18. The fourth-order valence-electron chi connectivity index (χ4n) is 1.78. The van der Waals surface area contributed by atoms with Crippen molar-refractivity contribution in [2.75, 3.05) is 13.2 Å².